The maximum Gasteiger partial charge on any atom is 0.247 e. The van der Waals surface area contributed by atoms with Crippen molar-refractivity contribution in [2.75, 3.05) is 26.3 Å². The second kappa shape index (κ2) is 12.8. The fraction of sp³-hybridized carbons (Fsp3) is 0.696. The van der Waals surface area contributed by atoms with Gasteiger partial charge in [0.15, 0.2) is 0 Å². The molecule has 0 aromatic carbocycles. The zero-order valence-electron chi connectivity index (χ0n) is 20.7. The van der Waals surface area contributed by atoms with Gasteiger partial charge in [0, 0.05) is 31.6 Å². The summed E-state index contributed by atoms with van der Waals surface area (Å²) in [4.78, 5) is 38.7. The molecule has 1 aromatic rings. The molecule has 2 aliphatic rings. The third kappa shape index (κ3) is 7.58. The minimum Gasteiger partial charge on any atom is -0.378 e. The number of hydrogen-bond donors (Lipinski definition) is 3. The van der Waals surface area contributed by atoms with Crippen LogP contribution in [0.1, 0.15) is 45.7 Å². The number of hydrogen-bond acceptors (Lipinski definition) is 8. The number of amides is 3. The third-order valence-electron chi connectivity index (χ3n) is 6.24. The summed E-state index contributed by atoms with van der Waals surface area (Å²) in [6.45, 7) is 7.95. The van der Waals surface area contributed by atoms with E-state index < -0.39 is 18.2 Å². The Morgan fingerprint density at radius 2 is 1.97 bits per heavy atom. The van der Waals surface area contributed by atoms with Gasteiger partial charge in [-0.25, -0.2) is 4.68 Å². The van der Waals surface area contributed by atoms with E-state index in [1.807, 2.05) is 13.8 Å². The fourth-order valence-electron chi connectivity index (χ4n) is 4.25. The van der Waals surface area contributed by atoms with Crippen molar-refractivity contribution in [2.24, 2.45) is 5.73 Å². The molecular formula is C23H37N7O5. The van der Waals surface area contributed by atoms with Crippen molar-refractivity contribution >= 4 is 17.7 Å². The minimum absolute atomic E-state index is 0.00247. The van der Waals surface area contributed by atoms with Crippen molar-refractivity contribution in [2.45, 2.75) is 77.4 Å². The van der Waals surface area contributed by atoms with Crippen LogP contribution in [0, 0.1) is 0 Å². The number of nitrogens with zero attached hydrogens (tertiary/aromatic N) is 4. The molecule has 3 amide bonds. The molecule has 1 fully saturated rings. The predicted octanol–water partition coefficient (Wildman–Crippen LogP) is -0.511. The number of ether oxygens (including phenoxy) is 2. The molecule has 0 spiro atoms. The topological polar surface area (TPSA) is 154 Å². The summed E-state index contributed by atoms with van der Waals surface area (Å²) >= 11 is 0. The van der Waals surface area contributed by atoms with Crippen molar-refractivity contribution < 1.29 is 23.9 Å². The van der Waals surface area contributed by atoms with Crippen LogP contribution in [0.15, 0.2) is 17.8 Å². The SMILES string of the molecule is CCC(CC)O[C@@H]1C=C(C(=O)NCc2cn(CC(=O)N3CCOCC3)nn2)C[C@H](N)[C@H]1NC(C)=O. The zero-order valence-corrected chi connectivity index (χ0v) is 20.7. The summed E-state index contributed by atoms with van der Waals surface area (Å²) < 4.78 is 12.9. The van der Waals surface area contributed by atoms with Crippen LogP contribution in [0.4, 0.5) is 0 Å². The lowest BCUT2D eigenvalue weighted by Crippen LogP contribution is -2.57. The number of aromatic nitrogens is 3. The Kier molecular flexibility index (Phi) is 9.75. The zero-order chi connectivity index (χ0) is 25.4. The number of carbonyl (C=O) groups is 3. The molecule has 3 atom stereocenters. The molecule has 1 aliphatic heterocycles. The highest BCUT2D eigenvalue weighted by molar-refractivity contribution is 5.93. The molecule has 0 unspecified atom stereocenters. The Bertz CT molecular complexity index is 908. The van der Waals surface area contributed by atoms with Crippen LogP contribution in [0.2, 0.25) is 0 Å². The van der Waals surface area contributed by atoms with Crippen molar-refractivity contribution in [3.63, 3.8) is 0 Å². The first-order valence-electron chi connectivity index (χ1n) is 12.2. The van der Waals surface area contributed by atoms with Gasteiger partial charge >= 0.3 is 0 Å². The molecule has 12 nitrogen and oxygen atoms in total. The number of nitrogens with one attached hydrogen (secondary N) is 2. The summed E-state index contributed by atoms with van der Waals surface area (Å²) in [5.74, 6) is -0.522. The lowest BCUT2D eigenvalue weighted by molar-refractivity contribution is -0.136. The van der Waals surface area contributed by atoms with Gasteiger partial charge < -0.3 is 30.7 Å². The Hall–Kier alpha value is -2.83. The van der Waals surface area contributed by atoms with E-state index >= 15 is 0 Å². The van der Waals surface area contributed by atoms with Gasteiger partial charge in [0.25, 0.3) is 0 Å². The van der Waals surface area contributed by atoms with Crippen LogP contribution in [-0.2, 0) is 36.9 Å². The molecule has 1 saturated heterocycles. The van der Waals surface area contributed by atoms with Crippen molar-refractivity contribution in [3.8, 4) is 0 Å². The number of nitrogens with two attached hydrogens (primary N) is 1. The van der Waals surface area contributed by atoms with E-state index in [2.05, 4.69) is 20.9 Å². The highest BCUT2D eigenvalue weighted by Crippen LogP contribution is 2.23. The molecule has 1 aromatic heterocycles. The second-order valence-corrected chi connectivity index (χ2v) is 8.91. The van der Waals surface area contributed by atoms with Gasteiger partial charge in [0.2, 0.25) is 17.7 Å². The molecule has 0 bridgehead atoms. The fourth-order valence-corrected chi connectivity index (χ4v) is 4.25. The van der Waals surface area contributed by atoms with E-state index in [4.69, 9.17) is 15.2 Å². The first kappa shape index (κ1) is 26.8. The standard InChI is InChI=1S/C23H37N7O5/c1-4-18(5-2)35-20-11-16(10-19(24)22(20)26-15(3)31)23(33)25-12-17-13-30(28-27-17)14-21(32)29-6-8-34-9-7-29/h11,13,18-20,22H,4-10,12,14,24H2,1-3H3,(H,25,33)(H,26,31)/t19-,20+,22+/m0/s1. The molecular weight excluding hydrogens is 454 g/mol. The Balaban J connectivity index is 1.59. The lowest BCUT2D eigenvalue weighted by atomic mass is 9.87. The van der Waals surface area contributed by atoms with Crippen molar-refractivity contribution in [3.05, 3.63) is 23.5 Å². The van der Waals surface area contributed by atoms with E-state index in [1.54, 1.807) is 17.2 Å². The maximum atomic E-state index is 12.9. The van der Waals surface area contributed by atoms with Crippen molar-refractivity contribution in [1.29, 1.82) is 0 Å². The maximum absolute atomic E-state index is 12.9. The summed E-state index contributed by atoms with van der Waals surface area (Å²) in [5, 5.41) is 13.8. The van der Waals surface area contributed by atoms with Gasteiger partial charge in [-0.3, -0.25) is 14.4 Å². The van der Waals surface area contributed by atoms with Crippen LogP contribution in [0.5, 0.6) is 0 Å². The summed E-state index contributed by atoms with van der Waals surface area (Å²) in [6, 6.07) is -0.871. The van der Waals surface area contributed by atoms with Gasteiger partial charge in [-0.05, 0) is 25.3 Å². The van der Waals surface area contributed by atoms with E-state index in [-0.39, 0.29) is 36.9 Å². The van der Waals surface area contributed by atoms with Gasteiger partial charge in [-0.2, -0.15) is 0 Å². The smallest absolute Gasteiger partial charge is 0.247 e. The van der Waals surface area contributed by atoms with Crippen molar-refractivity contribution in [1.82, 2.24) is 30.5 Å². The van der Waals surface area contributed by atoms with Gasteiger partial charge in [-0.1, -0.05) is 19.1 Å². The molecule has 4 N–H and O–H groups in total. The normalized spacial score (nSPS) is 22.6. The van der Waals surface area contributed by atoms with E-state index in [1.165, 1.54) is 11.6 Å². The average molecular weight is 492 g/mol. The molecule has 194 valence electrons. The summed E-state index contributed by atoms with van der Waals surface area (Å²) in [7, 11) is 0. The molecule has 12 heteroatoms. The molecule has 35 heavy (non-hydrogen) atoms. The molecule has 1 aliphatic carbocycles. The highest BCUT2D eigenvalue weighted by atomic mass is 16.5. The second-order valence-electron chi connectivity index (χ2n) is 8.91. The van der Waals surface area contributed by atoms with Crippen LogP contribution in [0.25, 0.3) is 0 Å². The van der Waals surface area contributed by atoms with Gasteiger partial charge in [0.1, 0.15) is 12.2 Å². The average Bonchev–Trinajstić information content (AvgIpc) is 3.30. The minimum atomic E-state index is -0.500. The Morgan fingerprint density at radius 1 is 1.26 bits per heavy atom. The quantitative estimate of drug-likeness (QED) is 0.395. The van der Waals surface area contributed by atoms with Gasteiger partial charge in [0.05, 0.1) is 44.2 Å². The predicted molar refractivity (Wildman–Crippen MR) is 127 cm³/mol. The Morgan fingerprint density at radius 3 is 2.63 bits per heavy atom. The van der Waals surface area contributed by atoms with Gasteiger partial charge in [-0.15, -0.1) is 5.10 Å². The molecule has 0 saturated carbocycles. The number of carbonyl (C=O) groups excluding carboxylic acids is 3. The number of morpholine rings is 1. The van der Waals surface area contributed by atoms with E-state index in [0.717, 1.165) is 12.8 Å². The molecule has 2 heterocycles. The number of rotatable bonds is 10. The van der Waals surface area contributed by atoms with Crippen LogP contribution in [-0.4, -0.2) is 88.2 Å². The molecule has 0 radical (unpaired) electrons. The van der Waals surface area contributed by atoms with Crippen LogP contribution >= 0.6 is 0 Å². The van der Waals surface area contributed by atoms with Crippen LogP contribution in [0.3, 0.4) is 0 Å². The van der Waals surface area contributed by atoms with E-state index in [9.17, 15) is 14.4 Å². The van der Waals surface area contributed by atoms with Crippen LogP contribution < -0.4 is 16.4 Å². The molecule has 3 rings (SSSR count). The monoisotopic (exact) mass is 491 g/mol. The summed E-state index contributed by atoms with van der Waals surface area (Å²) in [6.07, 6.45) is 4.83. The largest absolute Gasteiger partial charge is 0.378 e. The highest BCUT2D eigenvalue weighted by Gasteiger charge is 2.35. The lowest BCUT2D eigenvalue weighted by Gasteiger charge is -2.36. The third-order valence-corrected chi connectivity index (χ3v) is 6.24. The first-order chi connectivity index (χ1) is 16.8. The first-order valence-corrected chi connectivity index (χ1v) is 12.2. The Labute approximate surface area is 205 Å². The van der Waals surface area contributed by atoms with E-state index in [0.29, 0.717) is 44.0 Å². The summed E-state index contributed by atoms with van der Waals surface area (Å²) in [5.41, 5.74) is 7.38.